The quantitative estimate of drug-likeness (QED) is 0.610. The third-order valence-corrected chi connectivity index (χ3v) is 2.55. The Morgan fingerprint density at radius 3 is 2.69 bits per heavy atom. The molecular formula is C9H19NO2S. The van der Waals surface area contributed by atoms with Crippen LogP contribution in [0.4, 0.5) is 0 Å². The van der Waals surface area contributed by atoms with Crippen molar-refractivity contribution >= 4 is 17.7 Å². The summed E-state index contributed by atoms with van der Waals surface area (Å²) in [5, 5.41) is 11.8. The first-order valence-corrected chi connectivity index (χ1v) is 5.71. The highest BCUT2D eigenvalue weighted by Crippen LogP contribution is 2.07. The number of aliphatic hydroxyl groups excluding tert-OH is 1. The predicted octanol–water partition coefficient (Wildman–Crippen LogP) is 1.02. The fourth-order valence-electron chi connectivity index (χ4n) is 0.758. The first-order valence-electron chi connectivity index (χ1n) is 4.66. The van der Waals surface area contributed by atoms with Gasteiger partial charge < -0.3 is 10.4 Å². The second-order valence-electron chi connectivity index (χ2n) is 3.14. The standard InChI is InChI=1S/C9H19NO2S/c1-8(2)13-7-9(12)10-5-3-4-6-11/h8,11H,3-7H2,1-2H3,(H,10,12). The van der Waals surface area contributed by atoms with E-state index in [0.29, 0.717) is 17.5 Å². The molecule has 0 aliphatic rings. The molecule has 0 spiro atoms. The predicted molar refractivity (Wildman–Crippen MR) is 56.9 cm³/mol. The van der Waals surface area contributed by atoms with Gasteiger partial charge in [-0.05, 0) is 18.1 Å². The highest BCUT2D eigenvalue weighted by Gasteiger charge is 2.01. The molecule has 13 heavy (non-hydrogen) atoms. The van der Waals surface area contributed by atoms with E-state index in [1.807, 2.05) is 0 Å². The Morgan fingerprint density at radius 1 is 1.46 bits per heavy atom. The van der Waals surface area contributed by atoms with Crippen LogP contribution >= 0.6 is 11.8 Å². The van der Waals surface area contributed by atoms with Gasteiger partial charge in [0.2, 0.25) is 5.91 Å². The van der Waals surface area contributed by atoms with Crippen molar-refractivity contribution in [2.24, 2.45) is 0 Å². The molecule has 2 N–H and O–H groups in total. The van der Waals surface area contributed by atoms with Gasteiger partial charge in [0.15, 0.2) is 0 Å². The maximum Gasteiger partial charge on any atom is 0.230 e. The molecule has 0 aromatic carbocycles. The van der Waals surface area contributed by atoms with Crippen LogP contribution < -0.4 is 5.32 Å². The molecule has 0 saturated heterocycles. The van der Waals surface area contributed by atoms with Crippen molar-refractivity contribution in [3.05, 3.63) is 0 Å². The van der Waals surface area contributed by atoms with E-state index in [9.17, 15) is 4.79 Å². The second-order valence-corrected chi connectivity index (χ2v) is 4.71. The lowest BCUT2D eigenvalue weighted by Gasteiger charge is -2.05. The minimum Gasteiger partial charge on any atom is -0.396 e. The van der Waals surface area contributed by atoms with Crippen LogP contribution in [0, 0.1) is 0 Å². The van der Waals surface area contributed by atoms with Gasteiger partial charge >= 0.3 is 0 Å². The molecule has 0 saturated carbocycles. The van der Waals surface area contributed by atoms with Gasteiger partial charge in [0.05, 0.1) is 5.75 Å². The Balaban J connectivity index is 3.20. The molecule has 0 bridgehead atoms. The van der Waals surface area contributed by atoms with Gasteiger partial charge in [-0.25, -0.2) is 0 Å². The van der Waals surface area contributed by atoms with Crippen molar-refractivity contribution in [3.8, 4) is 0 Å². The number of rotatable bonds is 7. The van der Waals surface area contributed by atoms with Gasteiger partial charge in [0.1, 0.15) is 0 Å². The fourth-order valence-corrected chi connectivity index (χ4v) is 1.34. The summed E-state index contributed by atoms with van der Waals surface area (Å²) in [5.74, 6) is 0.633. The van der Waals surface area contributed by atoms with E-state index in [-0.39, 0.29) is 12.5 Å². The van der Waals surface area contributed by atoms with Gasteiger partial charge in [-0.3, -0.25) is 4.79 Å². The van der Waals surface area contributed by atoms with Crippen molar-refractivity contribution < 1.29 is 9.90 Å². The number of amides is 1. The van der Waals surface area contributed by atoms with Gasteiger partial charge in [0.25, 0.3) is 0 Å². The van der Waals surface area contributed by atoms with Crippen molar-refractivity contribution in [1.82, 2.24) is 5.32 Å². The lowest BCUT2D eigenvalue weighted by atomic mass is 10.3. The van der Waals surface area contributed by atoms with Gasteiger partial charge in [-0.15, -0.1) is 11.8 Å². The van der Waals surface area contributed by atoms with Crippen molar-refractivity contribution in [3.63, 3.8) is 0 Å². The van der Waals surface area contributed by atoms with Crippen molar-refractivity contribution in [1.29, 1.82) is 0 Å². The highest BCUT2D eigenvalue weighted by molar-refractivity contribution is 8.00. The summed E-state index contributed by atoms with van der Waals surface area (Å²) in [4.78, 5) is 11.1. The van der Waals surface area contributed by atoms with E-state index in [0.717, 1.165) is 12.8 Å². The summed E-state index contributed by atoms with van der Waals surface area (Å²) < 4.78 is 0. The molecule has 78 valence electrons. The summed E-state index contributed by atoms with van der Waals surface area (Å²) in [6, 6.07) is 0. The van der Waals surface area contributed by atoms with Crippen LogP contribution in [0.3, 0.4) is 0 Å². The van der Waals surface area contributed by atoms with E-state index in [1.54, 1.807) is 11.8 Å². The number of hydrogen-bond donors (Lipinski definition) is 2. The highest BCUT2D eigenvalue weighted by atomic mass is 32.2. The average Bonchev–Trinajstić information content (AvgIpc) is 2.09. The zero-order valence-corrected chi connectivity index (χ0v) is 9.19. The number of hydrogen-bond acceptors (Lipinski definition) is 3. The first-order chi connectivity index (χ1) is 6.16. The third-order valence-electron chi connectivity index (χ3n) is 1.45. The molecule has 4 heteroatoms. The molecule has 0 rings (SSSR count). The summed E-state index contributed by atoms with van der Waals surface area (Å²) in [6.07, 6.45) is 1.62. The number of thioether (sulfide) groups is 1. The van der Waals surface area contributed by atoms with E-state index in [2.05, 4.69) is 19.2 Å². The van der Waals surface area contributed by atoms with Crippen molar-refractivity contribution in [2.75, 3.05) is 18.9 Å². The molecule has 0 aromatic heterocycles. The van der Waals surface area contributed by atoms with Crippen LogP contribution in [0.25, 0.3) is 0 Å². The number of unbranched alkanes of at least 4 members (excludes halogenated alkanes) is 1. The van der Waals surface area contributed by atoms with E-state index < -0.39 is 0 Å². The molecule has 0 atom stereocenters. The number of carbonyl (C=O) groups is 1. The molecule has 0 aromatic rings. The molecule has 1 amide bonds. The van der Waals surface area contributed by atoms with Crippen LogP contribution in [0.2, 0.25) is 0 Å². The Kier molecular flexibility index (Phi) is 8.24. The van der Waals surface area contributed by atoms with E-state index in [4.69, 9.17) is 5.11 Å². The summed E-state index contributed by atoms with van der Waals surface area (Å²) in [7, 11) is 0. The molecule has 0 unspecified atom stereocenters. The lowest BCUT2D eigenvalue weighted by molar-refractivity contribution is -0.118. The molecule has 0 heterocycles. The molecular weight excluding hydrogens is 186 g/mol. The Hall–Kier alpha value is -0.220. The minimum atomic E-state index is 0.0941. The SMILES string of the molecule is CC(C)SCC(=O)NCCCCO. The zero-order valence-electron chi connectivity index (χ0n) is 8.38. The van der Waals surface area contributed by atoms with Crippen LogP contribution in [-0.4, -0.2) is 35.2 Å². The second kappa shape index (κ2) is 8.38. The van der Waals surface area contributed by atoms with Gasteiger partial charge in [0, 0.05) is 13.2 Å². The number of aliphatic hydroxyl groups is 1. The molecule has 0 aliphatic heterocycles. The summed E-state index contributed by atoms with van der Waals surface area (Å²) >= 11 is 1.64. The Bertz CT molecular complexity index is 140. The first kappa shape index (κ1) is 12.8. The van der Waals surface area contributed by atoms with E-state index in [1.165, 1.54) is 0 Å². The smallest absolute Gasteiger partial charge is 0.230 e. The molecule has 0 fully saturated rings. The normalized spacial score (nSPS) is 10.5. The summed E-state index contributed by atoms with van der Waals surface area (Å²) in [5.41, 5.74) is 0. The summed E-state index contributed by atoms with van der Waals surface area (Å²) in [6.45, 7) is 5.03. The topological polar surface area (TPSA) is 49.3 Å². The van der Waals surface area contributed by atoms with Gasteiger partial charge in [-0.2, -0.15) is 0 Å². The number of carbonyl (C=O) groups excluding carboxylic acids is 1. The lowest BCUT2D eigenvalue weighted by Crippen LogP contribution is -2.26. The maximum absolute atomic E-state index is 11.1. The Morgan fingerprint density at radius 2 is 2.15 bits per heavy atom. The Labute approximate surface area is 84.3 Å². The molecule has 3 nitrogen and oxygen atoms in total. The number of nitrogens with one attached hydrogen (secondary N) is 1. The average molecular weight is 205 g/mol. The third kappa shape index (κ3) is 9.70. The monoisotopic (exact) mass is 205 g/mol. The van der Waals surface area contributed by atoms with Crippen LogP contribution in [-0.2, 0) is 4.79 Å². The minimum absolute atomic E-state index is 0.0941. The van der Waals surface area contributed by atoms with Crippen LogP contribution in [0.1, 0.15) is 26.7 Å². The fraction of sp³-hybridized carbons (Fsp3) is 0.889. The van der Waals surface area contributed by atoms with Gasteiger partial charge in [-0.1, -0.05) is 13.8 Å². The molecule has 0 aliphatic carbocycles. The zero-order chi connectivity index (χ0) is 10.1. The molecule has 0 radical (unpaired) electrons. The van der Waals surface area contributed by atoms with Crippen LogP contribution in [0.15, 0.2) is 0 Å². The van der Waals surface area contributed by atoms with E-state index >= 15 is 0 Å². The largest absolute Gasteiger partial charge is 0.396 e. The maximum atomic E-state index is 11.1. The van der Waals surface area contributed by atoms with Crippen molar-refractivity contribution in [2.45, 2.75) is 31.9 Å². The van der Waals surface area contributed by atoms with Crippen LogP contribution in [0.5, 0.6) is 0 Å².